The lowest BCUT2D eigenvalue weighted by Gasteiger charge is -2.13. The largest absolute Gasteiger partial charge is 0.386 e. The number of hydrogen-bond donors (Lipinski definition) is 4. The van der Waals surface area contributed by atoms with Crippen molar-refractivity contribution in [2.24, 2.45) is 16.7 Å². The first-order chi connectivity index (χ1) is 15.2. The Labute approximate surface area is 190 Å². The highest BCUT2D eigenvalue weighted by Gasteiger charge is 2.11. The molecular formula is C20H25N7O3S2. The van der Waals surface area contributed by atoms with Crippen molar-refractivity contribution in [2.75, 3.05) is 24.7 Å². The number of rotatable bonds is 8. The monoisotopic (exact) mass is 475 g/mol. The van der Waals surface area contributed by atoms with Gasteiger partial charge in [-0.15, -0.1) is 5.10 Å². The highest BCUT2D eigenvalue weighted by atomic mass is 32.2. The average Bonchev–Trinajstić information content (AvgIpc) is 3.14. The summed E-state index contributed by atoms with van der Waals surface area (Å²) < 4.78 is 24.5. The SMILES string of the molecule is CC/C(N)=N/N(N)CCNC(=O)Nc1nc2ccc(-c3cccc(S(C)(=O)=O)c3)cc2s1. The molecule has 3 rings (SSSR count). The third-order valence-corrected chi connectivity index (χ3v) is 6.49. The fourth-order valence-corrected chi connectivity index (χ4v) is 4.34. The first kappa shape index (κ1) is 23.4. The van der Waals surface area contributed by atoms with Crippen LogP contribution in [0.1, 0.15) is 13.3 Å². The number of carbonyl (C=O) groups excluding carboxylic acids is 1. The van der Waals surface area contributed by atoms with Crippen LogP contribution in [-0.4, -0.2) is 49.7 Å². The normalized spacial score (nSPS) is 12.0. The summed E-state index contributed by atoms with van der Waals surface area (Å²) in [4.78, 5) is 16.8. The Kier molecular flexibility index (Phi) is 7.28. The molecule has 32 heavy (non-hydrogen) atoms. The number of hydrogen-bond acceptors (Lipinski definition) is 8. The van der Waals surface area contributed by atoms with Gasteiger partial charge >= 0.3 is 6.03 Å². The third kappa shape index (κ3) is 6.15. The van der Waals surface area contributed by atoms with Gasteiger partial charge in [0.1, 0.15) is 5.84 Å². The zero-order valence-electron chi connectivity index (χ0n) is 17.7. The van der Waals surface area contributed by atoms with Crippen LogP contribution in [0.2, 0.25) is 0 Å². The van der Waals surface area contributed by atoms with Gasteiger partial charge in [-0.1, -0.05) is 36.5 Å². The van der Waals surface area contributed by atoms with Gasteiger partial charge in [-0.2, -0.15) is 0 Å². The van der Waals surface area contributed by atoms with E-state index in [0.29, 0.717) is 23.9 Å². The van der Waals surface area contributed by atoms with E-state index in [1.165, 1.54) is 22.7 Å². The Hall–Kier alpha value is -3.22. The van der Waals surface area contributed by atoms with E-state index in [1.807, 2.05) is 31.2 Å². The number of benzene rings is 2. The molecule has 1 heterocycles. The van der Waals surface area contributed by atoms with E-state index in [4.69, 9.17) is 11.6 Å². The fraction of sp³-hybridized carbons (Fsp3) is 0.250. The summed E-state index contributed by atoms with van der Waals surface area (Å²) in [7, 11) is -3.29. The second kappa shape index (κ2) is 9.94. The summed E-state index contributed by atoms with van der Waals surface area (Å²) in [5.41, 5.74) is 7.99. The molecule has 12 heteroatoms. The predicted molar refractivity (Wildman–Crippen MR) is 128 cm³/mol. The number of carbonyl (C=O) groups is 1. The van der Waals surface area contributed by atoms with Crippen molar-refractivity contribution in [3.05, 3.63) is 42.5 Å². The van der Waals surface area contributed by atoms with Gasteiger partial charge in [0, 0.05) is 19.2 Å². The Morgan fingerprint density at radius 3 is 2.69 bits per heavy atom. The molecule has 0 aliphatic heterocycles. The zero-order chi connectivity index (χ0) is 23.3. The van der Waals surface area contributed by atoms with Crippen LogP contribution in [0.5, 0.6) is 0 Å². The van der Waals surface area contributed by atoms with Crippen molar-refractivity contribution < 1.29 is 13.2 Å². The smallest absolute Gasteiger partial charge is 0.321 e. The minimum atomic E-state index is -3.29. The summed E-state index contributed by atoms with van der Waals surface area (Å²) in [6.07, 6.45) is 1.77. The lowest BCUT2D eigenvalue weighted by molar-refractivity contribution is 0.247. The topological polar surface area (TPSA) is 156 Å². The number of urea groups is 1. The third-order valence-electron chi connectivity index (χ3n) is 4.45. The Morgan fingerprint density at radius 1 is 1.22 bits per heavy atom. The van der Waals surface area contributed by atoms with Gasteiger partial charge in [-0.25, -0.2) is 29.2 Å². The van der Waals surface area contributed by atoms with E-state index in [9.17, 15) is 13.2 Å². The lowest BCUT2D eigenvalue weighted by Crippen LogP contribution is -2.38. The zero-order valence-corrected chi connectivity index (χ0v) is 19.3. The maximum Gasteiger partial charge on any atom is 0.321 e. The second-order valence-electron chi connectivity index (χ2n) is 6.99. The van der Waals surface area contributed by atoms with E-state index in [0.717, 1.165) is 21.3 Å². The van der Waals surface area contributed by atoms with Gasteiger partial charge in [-0.05, 0) is 35.4 Å². The van der Waals surface area contributed by atoms with Gasteiger partial charge < -0.3 is 11.1 Å². The number of nitrogens with two attached hydrogens (primary N) is 2. The number of amidine groups is 1. The van der Waals surface area contributed by atoms with Gasteiger partial charge in [0.15, 0.2) is 15.0 Å². The van der Waals surface area contributed by atoms with Crippen LogP contribution in [0.4, 0.5) is 9.93 Å². The lowest BCUT2D eigenvalue weighted by atomic mass is 10.1. The summed E-state index contributed by atoms with van der Waals surface area (Å²) >= 11 is 1.32. The van der Waals surface area contributed by atoms with Crippen LogP contribution in [-0.2, 0) is 9.84 Å². The molecule has 2 aromatic carbocycles. The summed E-state index contributed by atoms with van der Waals surface area (Å²) in [5.74, 6) is 6.10. The Morgan fingerprint density at radius 2 is 1.97 bits per heavy atom. The minimum Gasteiger partial charge on any atom is -0.386 e. The molecule has 10 nitrogen and oxygen atoms in total. The Balaban J connectivity index is 1.66. The van der Waals surface area contributed by atoms with Crippen LogP contribution in [0, 0.1) is 0 Å². The number of fused-ring (bicyclic) bond motifs is 1. The van der Waals surface area contributed by atoms with E-state index < -0.39 is 15.9 Å². The predicted octanol–water partition coefficient (Wildman–Crippen LogP) is 2.35. The number of anilines is 1. The molecule has 1 aromatic heterocycles. The standard InChI is InChI=1S/C20H25N7O3S2/c1-3-18(21)26-27(22)10-9-23-19(28)25-20-24-16-8-7-14(12-17(16)31-20)13-5-4-6-15(11-13)32(2,29)30/h4-8,11-12H,3,9-10,22H2,1-2H3,(H2,21,26)(H2,23,24,25,28). The van der Waals surface area contributed by atoms with Crippen LogP contribution in [0.3, 0.4) is 0 Å². The summed E-state index contributed by atoms with van der Waals surface area (Å²) in [6.45, 7) is 2.43. The highest BCUT2D eigenvalue weighted by molar-refractivity contribution is 7.90. The number of thiazole rings is 1. The van der Waals surface area contributed by atoms with Crippen LogP contribution < -0.4 is 22.2 Å². The summed E-state index contributed by atoms with van der Waals surface area (Å²) in [6, 6.07) is 12.0. The molecule has 0 aliphatic carbocycles. The van der Waals surface area contributed by atoms with E-state index in [1.54, 1.807) is 18.2 Å². The maximum atomic E-state index is 12.1. The summed E-state index contributed by atoms with van der Waals surface area (Å²) in [5, 5.41) is 11.0. The molecule has 0 saturated carbocycles. The van der Waals surface area contributed by atoms with Crippen molar-refractivity contribution in [1.82, 2.24) is 15.4 Å². The maximum absolute atomic E-state index is 12.1. The van der Waals surface area contributed by atoms with Crippen molar-refractivity contribution in [2.45, 2.75) is 18.2 Å². The molecule has 170 valence electrons. The molecule has 0 fully saturated rings. The van der Waals surface area contributed by atoms with Crippen LogP contribution in [0.25, 0.3) is 21.3 Å². The quantitative estimate of drug-likeness (QED) is 0.169. The molecule has 0 bridgehead atoms. The van der Waals surface area contributed by atoms with E-state index in [-0.39, 0.29) is 11.4 Å². The first-order valence-corrected chi connectivity index (χ1v) is 12.5. The van der Waals surface area contributed by atoms with Crippen molar-refractivity contribution in [1.29, 1.82) is 0 Å². The molecule has 2 amide bonds. The number of hydrazine groups is 1. The second-order valence-corrected chi connectivity index (χ2v) is 10.0. The van der Waals surface area contributed by atoms with E-state index >= 15 is 0 Å². The van der Waals surface area contributed by atoms with Gasteiger partial charge in [0.25, 0.3) is 0 Å². The van der Waals surface area contributed by atoms with Gasteiger partial charge in [0.05, 0.1) is 21.7 Å². The number of nitrogens with zero attached hydrogens (tertiary/aromatic N) is 3. The molecule has 0 spiro atoms. The Bertz CT molecular complexity index is 1260. The molecule has 0 radical (unpaired) electrons. The van der Waals surface area contributed by atoms with Crippen molar-refractivity contribution >= 4 is 48.4 Å². The van der Waals surface area contributed by atoms with Gasteiger partial charge in [-0.3, -0.25) is 5.32 Å². The number of nitrogens with one attached hydrogen (secondary N) is 2. The molecular weight excluding hydrogens is 450 g/mol. The van der Waals surface area contributed by atoms with Gasteiger partial charge in [0.2, 0.25) is 0 Å². The molecule has 0 aliphatic rings. The van der Waals surface area contributed by atoms with Crippen molar-refractivity contribution in [3.63, 3.8) is 0 Å². The van der Waals surface area contributed by atoms with Crippen LogP contribution in [0.15, 0.2) is 52.5 Å². The fourth-order valence-electron chi connectivity index (χ4n) is 2.77. The molecule has 6 N–H and O–H groups in total. The molecule has 0 atom stereocenters. The van der Waals surface area contributed by atoms with E-state index in [2.05, 4.69) is 20.7 Å². The number of amides is 2. The highest BCUT2D eigenvalue weighted by Crippen LogP contribution is 2.31. The molecule has 0 saturated heterocycles. The minimum absolute atomic E-state index is 0.262. The molecule has 0 unspecified atom stereocenters. The van der Waals surface area contributed by atoms with Crippen LogP contribution >= 0.6 is 11.3 Å². The first-order valence-electron chi connectivity index (χ1n) is 9.77. The number of sulfone groups is 1. The van der Waals surface area contributed by atoms with Crippen molar-refractivity contribution in [3.8, 4) is 11.1 Å². The average molecular weight is 476 g/mol. The molecule has 3 aromatic rings. The number of hydrazone groups is 1. The number of aromatic nitrogens is 1.